The molecule has 1 saturated heterocycles. The molecule has 0 bridgehead atoms. The Hall–Kier alpha value is -1.42. The van der Waals surface area contributed by atoms with Crippen LogP contribution in [0.15, 0.2) is 28.3 Å². The minimum Gasteiger partial charge on any atom is -0.338 e. The van der Waals surface area contributed by atoms with Crippen molar-refractivity contribution in [2.75, 3.05) is 13.1 Å². The lowest BCUT2D eigenvalue weighted by Crippen LogP contribution is -2.40. The van der Waals surface area contributed by atoms with Crippen molar-refractivity contribution in [3.63, 3.8) is 0 Å². The summed E-state index contributed by atoms with van der Waals surface area (Å²) in [6.07, 6.45) is 8.91. The first-order chi connectivity index (χ1) is 8.79. The van der Waals surface area contributed by atoms with Crippen LogP contribution in [0.4, 0.5) is 0 Å². The highest BCUT2D eigenvalue weighted by Crippen LogP contribution is 2.41. The van der Waals surface area contributed by atoms with Gasteiger partial charge in [0.25, 0.3) is 0 Å². The summed E-state index contributed by atoms with van der Waals surface area (Å²) in [6, 6.07) is 0.251. The molecule has 1 aliphatic heterocycles. The Morgan fingerprint density at radius 2 is 2.39 bits per heavy atom. The van der Waals surface area contributed by atoms with Crippen molar-refractivity contribution in [2.45, 2.75) is 32.7 Å². The van der Waals surface area contributed by atoms with E-state index in [2.05, 4.69) is 40.2 Å². The normalized spacial score (nSPS) is 28.0. The van der Waals surface area contributed by atoms with E-state index in [1.807, 2.05) is 6.92 Å². The summed E-state index contributed by atoms with van der Waals surface area (Å²) in [5.74, 6) is 2.01. The third-order valence-corrected chi connectivity index (χ3v) is 3.98. The van der Waals surface area contributed by atoms with Crippen LogP contribution in [0.5, 0.6) is 0 Å². The number of aromatic nitrogens is 2. The van der Waals surface area contributed by atoms with Gasteiger partial charge in [-0.25, -0.2) is 0 Å². The molecule has 0 N–H and O–H groups in total. The van der Waals surface area contributed by atoms with Crippen LogP contribution in [-0.4, -0.2) is 28.1 Å². The van der Waals surface area contributed by atoms with Gasteiger partial charge >= 0.3 is 0 Å². The summed E-state index contributed by atoms with van der Waals surface area (Å²) >= 11 is 0. The second-order valence-corrected chi connectivity index (χ2v) is 5.02. The third-order valence-electron chi connectivity index (χ3n) is 3.98. The zero-order valence-electron chi connectivity index (χ0n) is 11.0. The van der Waals surface area contributed by atoms with E-state index in [1.54, 1.807) is 0 Å². The fourth-order valence-electron chi connectivity index (χ4n) is 3.07. The molecule has 0 spiro atoms. The van der Waals surface area contributed by atoms with Crippen LogP contribution in [0.3, 0.4) is 0 Å². The zero-order chi connectivity index (χ0) is 12.5. The van der Waals surface area contributed by atoms with Crippen LogP contribution in [0, 0.1) is 12.8 Å². The summed E-state index contributed by atoms with van der Waals surface area (Å²) in [6.45, 7) is 6.19. The molecule has 0 aromatic carbocycles. The van der Waals surface area contributed by atoms with Crippen LogP contribution >= 0.6 is 0 Å². The predicted octanol–water partition coefficient (Wildman–Crippen LogP) is 2.65. The van der Waals surface area contributed by atoms with E-state index in [1.165, 1.54) is 5.57 Å². The number of hydrogen-bond acceptors (Lipinski definition) is 4. The second-order valence-electron chi connectivity index (χ2n) is 5.02. The van der Waals surface area contributed by atoms with Crippen LogP contribution < -0.4 is 0 Å². The van der Waals surface area contributed by atoms with E-state index < -0.39 is 0 Å². The molecule has 0 amide bonds. The second kappa shape index (κ2) is 4.69. The van der Waals surface area contributed by atoms with Gasteiger partial charge in [0.1, 0.15) is 0 Å². The van der Waals surface area contributed by atoms with Crippen LogP contribution in [-0.2, 0) is 0 Å². The first kappa shape index (κ1) is 11.7. The van der Waals surface area contributed by atoms with Crippen molar-refractivity contribution in [2.24, 2.45) is 5.92 Å². The molecule has 2 atom stereocenters. The Balaban J connectivity index is 1.96. The van der Waals surface area contributed by atoms with Gasteiger partial charge in [0.2, 0.25) is 5.89 Å². The monoisotopic (exact) mass is 245 g/mol. The average Bonchev–Trinajstić information content (AvgIpc) is 2.83. The summed E-state index contributed by atoms with van der Waals surface area (Å²) in [7, 11) is 0. The number of nitrogens with zero attached hydrogens (tertiary/aromatic N) is 3. The molecule has 2 unspecified atom stereocenters. The fourth-order valence-corrected chi connectivity index (χ4v) is 3.07. The van der Waals surface area contributed by atoms with Gasteiger partial charge in [0, 0.05) is 12.5 Å². The van der Waals surface area contributed by atoms with E-state index in [4.69, 9.17) is 4.52 Å². The van der Waals surface area contributed by atoms with Gasteiger partial charge in [0.05, 0.1) is 6.04 Å². The highest BCUT2D eigenvalue weighted by molar-refractivity contribution is 5.26. The Morgan fingerprint density at radius 1 is 1.50 bits per heavy atom. The van der Waals surface area contributed by atoms with E-state index in [0.29, 0.717) is 5.92 Å². The molecule has 2 aliphatic rings. The molecular weight excluding hydrogens is 226 g/mol. The number of piperidine rings is 1. The fraction of sp³-hybridized carbons (Fsp3) is 0.571. The number of aryl methyl sites for hydroxylation is 1. The first-order valence-corrected chi connectivity index (χ1v) is 6.69. The molecular formula is C14H19N3O. The lowest BCUT2D eigenvalue weighted by atomic mass is 9.79. The SMILES string of the molecule is CCN1CCC2=CC=CCC2C1c1nc(C)no1. The predicted molar refractivity (Wildman–Crippen MR) is 69.0 cm³/mol. The Labute approximate surface area is 107 Å². The maximum atomic E-state index is 5.43. The Bertz CT molecular complexity index is 489. The van der Waals surface area contributed by atoms with Gasteiger partial charge in [-0.2, -0.15) is 4.98 Å². The molecule has 1 aromatic heterocycles. The van der Waals surface area contributed by atoms with Gasteiger partial charge < -0.3 is 4.52 Å². The van der Waals surface area contributed by atoms with Crippen molar-refractivity contribution in [3.05, 3.63) is 35.5 Å². The maximum Gasteiger partial charge on any atom is 0.244 e. The number of allylic oxidation sites excluding steroid dienone is 3. The standard InChI is InChI=1S/C14H19N3O/c1-3-17-9-8-11-6-4-5-7-12(11)13(17)14-15-10(2)16-18-14/h4-6,12-13H,3,7-9H2,1-2H3. The number of fused-ring (bicyclic) bond motifs is 1. The molecule has 3 rings (SSSR count). The topological polar surface area (TPSA) is 42.2 Å². The molecule has 1 aliphatic carbocycles. The van der Waals surface area contributed by atoms with E-state index in [-0.39, 0.29) is 6.04 Å². The minimum atomic E-state index is 0.251. The summed E-state index contributed by atoms with van der Waals surface area (Å²) in [5.41, 5.74) is 1.53. The van der Waals surface area contributed by atoms with Gasteiger partial charge in [-0.15, -0.1) is 0 Å². The van der Waals surface area contributed by atoms with Crippen molar-refractivity contribution in [3.8, 4) is 0 Å². The highest BCUT2D eigenvalue weighted by atomic mass is 16.5. The number of hydrogen-bond donors (Lipinski definition) is 0. The lowest BCUT2D eigenvalue weighted by molar-refractivity contribution is 0.104. The van der Waals surface area contributed by atoms with E-state index >= 15 is 0 Å². The van der Waals surface area contributed by atoms with E-state index in [9.17, 15) is 0 Å². The smallest absolute Gasteiger partial charge is 0.244 e. The molecule has 96 valence electrons. The van der Waals surface area contributed by atoms with Crippen molar-refractivity contribution < 1.29 is 4.52 Å². The van der Waals surface area contributed by atoms with E-state index in [0.717, 1.165) is 37.6 Å². The average molecular weight is 245 g/mol. The molecule has 4 nitrogen and oxygen atoms in total. The molecule has 1 aromatic rings. The first-order valence-electron chi connectivity index (χ1n) is 6.69. The third kappa shape index (κ3) is 1.90. The Morgan fingerprint density at radius 3 is 3.11 bits per heavy atom. The quantitative estimate of drug-likeness (QED) is 0.803. The number of rotatable bonds is 2. The van der Waals surface area contributed by atoms with Gasteiger partial charge in [-0.1, -0.05) is 35.9 Å². The molecule has 0 radical (unpaired) electrons. The largest absolute Gasteiger partial charge is 0.338 e. The summed E-state index contributed by atoms with van der Waals surface area (Å²) < 4.78 is 5.43. The summed E-state index contributed by atoms with van der Waals surface area (Å²) in [5, 5.41) is 3.95. The minimum absolute atomic E-state index is 0.251. The van der Waals surface area contributed by atoms with Crippen molar-refractivity contribution in [1.82, 2.24) is 15.0 Å². The van der Waals surface area contributed by atoms with Gasteiger partial charge in [-0.05, 0) is 26.3 Å². The molecule has 4 heteroatoms. The Kier molecular flexibility index (Phi) is 3.04. The molecule has 18 heavy (non-hydrogen) atoms. The van der Waals surface area contributed by atoms with Gasteiger partial charge in [-0.3, -0.25) is 4.90 Å². The van der Waals surface area contributed by atoms with Crippen LogP contribution in [0.25, 0.3) is 0 Å². The van der Waals surface area contributed by atoms with Crippen molar-refractivity contribution in [1.29, 1.82) is 0 Å². The summed E-state index contributed by atoms with van der Waals surface area (Å²) in [4.78, 5) is 6.91. The van der Waals surface area contributed by atoms with Crippen LogP contribution in [0.1, 0.15) is 37.5 Å². The van der Waals surface area contributed by atoms with Crippen molar-refractivity contribution >= 4 is 0 Å². The zero-order valence-corrected chi connectivity index (χ0v) is 11.0. The number of likely N-dealkylation sites (tertiary alicyclic amines) is 1. The van der Waals surface area contributed by atoms with Crippen LogP contribution in [0.2, 0.25) is 0 Å². The molecule has 0 saturated carbocycles. The maximum absolute atomic E-state index is 5.43. The lowest BCUT2D eigenvalue weighted by Gasteiger charge is -2.41. The van der Waals surface area contributed by atoms with Gasteiger partial charge in [0.15, 0.2) is 5.82 Å². The highest BCUT2D eigenvalue weighted by Gasteiger charge is 2.38. The molecule has 2 heterocycles. The molecule has 1 fully saturated rings.